The fourth-order valence-electron chi connectivity index (χ4n) is 4.01. The van der Waals surface area contributed by atoms with Gasteiger partial charge in [0.05, 0.1) is 32.3 Å². The summed E-state index contributed by atoms with van der Waals surface area (Å²) >= 11 is 0. The first-order chi connectivity index (χ1) is 21.2. The lowest BCUT2D eigenvalue weighted by Crippen LogP contribution is -2.29. The van der Waals surface area contributed by atoms with Crippen LogP contribution < -0.4 is 27.9 Å². The summed E-state index contributed by atoms with van der Waals surface area (Å²) in [5.74, 6) is -4.65. The number of alkyl halides is 3. The van der Waals surface area contributed by atoms with E-state index in [0.717, 1.165) is 37.3 Å². The molecule has 0 saturated carbocycles. The van der Waals surface area contributed by atoms with E-state index in [1.807, 2.05) is 13.8 Å². The topological polar surface area (TPSA) is 144 Å². The number of allylic oxidation sites excluding steroid dienone is 1. The van der Waals surface area contributed by atoms with Crippen LogP contribution in [0.5, 0.6) is 28.7 Å². The van der Waals surface area contributed by atoms with Gasteiger partial charge in [0.2, 0.25) is 0 Å². The van der Waals surface area contributed by atoms with Gasteiger partial charge in [0.25, 0.3) is 0 Å². The van der Waals surface area contributed by atoms with Crippen molar-refractivity contribution in [3.63, 3.8) is 0 Å². The van der Waals surface area contributed by atoms with Gasteiger partial charge in [-0.05, 0) is 61.9 Å². The van der Waals surface area contributed by atoms with Crippen LogP contribution in [0.2, 0.25) is 0 Å². The van der Waals surface area contributed by atoms with Crippen molar-refractivity contribution in [2.45, 2.75) is 20.0 Å². The van der Waals surface area contributed by atoms with Crippen LogP contribution in [0, 0.1) is 5.82 Å². The van der Waals surface area contributed by atoms with Gasteiger partial charge < -0.3 is 27.9 Å². The second-order valence-corrected chi connectivity index (χ2v) is 13.0. The Morgan fingerprint density at radius 1 is 0.826 bits per heavy atom. The lowest BCUT2D eigenvalue weighted by atomic mass is 9.95. The number of rotatable bonds is 12. The quantitative estimate of drug-likeness (QED) is 0.143. The lowest BCUT2D eigenvalue weighted by molar-refractivity contribution is -0.167. The number of halogens is 4. The molecule has 3 aromatic carbocycles. The third-order valence-corrected chi connectivity index (χ3v) is 6.79. The molecule has 250 valence electrons. The summed E-state index contributed by atoms with van der Waals surface area (Å²) in [6.45, 7) is 3.73. The predicted octanol–water partition coefficient (Wildman–Crippen LogP) is 5.70. The number of carbonyl (C=O) groups excluding carboxylic acids is 1. The van der Waals surface area contributed by atoms with Crippen LogP contribution >= 0.6 is 0 Å². The van der Waals surface area contributed by atoms with Crippen LogP contribution in [0.15, 0.2) is 54.1 Å². The Morgan fingerprint density at radius 3 is 2.00 bits per heavy atom. The van der Waals surface area contributed by atoms with Crippen LogP contribution in [0.25, 0.3) is 22.3 Å². The number of hydrogen-bond donors (Lipinski definition) is 1. The zero-order valence-electron chi connectivity index (χ0n) is 25.2. The zero-order valence-corrected chi connectivity index (χ0v) is 26.9. The Labute approximate surface area is 262 Å². The number of nitrogens with one attached hydrogen (secondary N) is 1. The number of hydrogen-bond acceptors (Lipinski definition) is 10. The minimum Gasteiger partial charge on any atom is -0.496 e. The maximum Gasteiger partial charge on any atom is 0.471 e. The van der Waals surface area contributed by atoms with E-state index >= 15 is 4.39 Å². The standard InChI is InChI=1S/C29H29F4NO10S2/c1-16(2)11-12-42-22-10-7-17(13-23(22)43-45(5,36)37)25-24(40-3)15-20(26(41-4)27(25)44-46(6,38)39)19-9-8-18(14-21(19)30)34-28(35)29(31,32)33/h7-11,13-15H,12H2,1-6H3,(H,34,35). The molecule has 0 atom stereocenters. The molecule has 0 fully saturated rings. The highest BCUT2D eigenvalue weighted by atomic mass is 32.2. The molecule has 0 radical (unpaired) electrons. The molecule has 17 heteroatoms. The monoisotopic (exact) mass is 691 g/mol. The van der Waals surface area contributed by atoms with E-state index in [2.05, 4.69) is 0 Å². The number of anilines is 1. The first-order valence-electron chi connectivity index (χ1n) is 12.9. The maximum atomic E-state index is 15.4. The van der Waals surface area contributed by atoms with Crippen molar-refractivity contribution in [1.82, 2.24) is 0 Å². The molecule has 0 aliphatic heterocycles. The summed E-state index contributed by atoms with van der Waals surface area (Å²) in [5, 5.41) is 1.54. The van der Waals surface area contributed by atoms with Crippen LogP contribution in [-0.4, -0.2) is 62.3 Å². The normalized spacial score (nSPS) is 11.8. The Morgan fingerprint density at radius 2 is 1.48 bits per heavy atom. The molecule has 0 aliphatic rings. The minimum absolute atomic E-state index is 0.0274. The van der Waals surface area contributed by atoms with E-state index in [1.165, 1.54) is 36.7 Å². The first kappa shape index (κ1) is 36.0. The van der Waals surface area contributed by atoms with E-state index in [4.69, 9.17) is 22.6 Å². The highest BCUT2D eigenvalue weighted by Crippen LogP contribution is 2.52. The Hall–Kier alpha value is -4.51. The van der Waals surface area contributed by atoms with Gasteiger partial charge in [0, 0.05) is 16.8 Å². The molecule has 0 heterocycles. The molecule has 0 spiro atoms. The molecule has 3 aromatic rings. The molecule has 0 unspecified atom stereocenters. The van der Waals surface area contributed by atoms with Gasteiger partial charge in [-0.1, -0.05) is 11.6 Å². The van der Waals surface area contributed by atoms with Crippen molar-refractivity contribution in [2.24, 2.45) is 0 Å². The van der Waals surface area contributed by atoms with Crippen molar-refractivity contribution in [3.8, 4) is 51.0 Å². The second-order valence-electron chi connectivity index (χ2n) is 9.84. The van der Waals surface area contributed by atoms with Gasteiger partial charge in [0.15, 0.2) is 23.0 Å². The molecule has 0 aliphatic carbocycles. The fourth-order valence-corrected chi connectivity index (χ4v) is 4.93. The third kappa shape index (κ3) is 9.26. The molecule has 46 heavy (non-hydrogen) atoms. The van der Waals surface area contributed by atoms with Crippen LogP contribution in [-0.2, 0) is 25.0 Å². The van der Waals surface area contributed by atoms with Crippen LogP contribution in [0.3, 0.4) is 0 Å². The Bertz CT molecular complexity index is 1890. The Balaban J connectivity index is 2.30. The van der Waals surface area contributed by atoms with Gasteiger partial charge in [0.1, 0.15) is 18.2 Å². The van der Waals surface area contributed by atoms with E-state index in [9.17, 15) is 34.8 Å². The first-order valence-corrected chi connectivity index (χ1v) is 16.5. The van der Waals surface area contributed by atoms with Gasteiger partial charge in [-0.3, -0.25) is 4.79 Å². The number of benzene rings is 3. The molecule has 3 rings (SSSR count). The SMILES string of the molecule is COc1cc(-c2ccc(NC(=O)C(F)(F)F)cc2F)c(OC)c(OS(C)(=O)=O)c1-c1ccc(OCC=C(C)C)c(OS(C)(=O)=O)c1. The fraction of sp³-hybridized carbons (Fsp3) is 0.276. The molecule has 1 amide bonds. The molecule has 0 aromatic heterocycles. The van der Waals surface area contributed by atoms with Crippen molar-refractivity contribution in [1.29, 1.82) is 0 Å². The number of amides is 1. The number of carbonyl (C=O) groups is 1. The largest absolute Gasteiger partial charge is 0.496 e. The smallest absolute Gasteiger partial charge is 0.471 e. The van der Waals surface area contributed by atoms with E-state index in [0.29, 0.717) is 6.07 Å². The van der Waals surface area contributed by atoms with Crippen molar-refractivity contribution >= 4 is 31.8 Å². The lowest BCUT2D eigenvalue weighted by Gasteiger charge is -2.21. The predicted molar refractivity (Wildman–Crippen MR) is 161 cm³/mol. The van der Waals surface area contributed by atoms with Gasteiger partial charge in [-0.2, -0.15) is 30.0 Å². The summed E-state index contributed by atoms with van der Waals surface area (Å²) < 4.78 is 129. The maximum absolute atomic E-state index is 15.4. The summed E-state index contributed by atoms with van der Waals surface area (Å²) in [6.07, 6.45) is -1.95. The number of ether oxygens (including phenoxy) is 3. The van der Waals surface area contributed by atoms with Crippen LogP contribution in [0.4, 0.5) is 23.2 Å². The average molecular weight is 692 g/mol. The third-order valence-electron chi connectivity index (χ3n) is 5.84. The molecular weight excluding hydrogens is 662 g/mol. The second kappa shape index (κ2) is 13.9. The summed E-state index contributed by atoms with van der Waals surface area (Å²) in [7, 11) is -6.07. The number of methoxy groups -OCH3 is 2. The van der Waals surface area contributed by atoms with Crippen LogP contribution in [0.1, 0.15) is 13.8 Å². The van der Waals surface area contributed by atoms with E-state index in [1.54, 1.807) is 6.08 Å². The molecular formula is C29H29F4NO10S2. The summed E-state index contributed by atoms with van der Waals surface area (Å²) in [4.78, 5) is 11.3. The van der Waals surface area contributed by atoms with Crippen molar-refractivity contribution in [3.05, 3.63) is 59.9 Å². The van der Waals surface area contributed by atoms with Crippen molar-refractivity contribution < 1.29 is 61.8 Å². The van der Waals surface area contributed by atoms with Gasteiger partial charge in [-0.15, -0.1) is 0 Å². The molecule has 11 nitrogen and oxygen atoms in total. The average Bonchev–Trinajstić information content (AvgIpc) is 2.91. The Kier molecular flexibility index (Phi) is 10.8. The summed E-state index contributed by atoms with van der Waals surface area (Å²) in [6, 6.07) is 7.90. The highest BCUT2D eigenvalue weighted by Gasteiger charge is 2.39. The zero-order chi connectivity index (χ0) is 34.6. The minimum atomic E-state index is -5.22. The molecule has 1 N–H and O–H groups in total. The summed E-state index contributed by atoms with van der Waals surface area (Å²) in [5.41, 5.74) is -0.0179. The van der Waals surface area contributed by atoms with Gasteiger partial charge in [-0.25, -0.2) is 4.39 Å². The van der Waals surface area contributed by atoms with E-state index in [-0.39, 0.29) is 51.9 Å². The molecule has 0 bridgehead atoms. The van der Waals surface area contributed by atoms with E-state index < -0.39 is 49.6 Å². The highest BCUT2D eigenvalue weighted by molar-refractivity contribution is 7.86. The molecule has 0 saturated heterocycles. The van der Waals surface area contributed by atoms with Gasteiger partial charge >= 0.3 is 32.3 Å². The van der Waals surface area contributed by atoms with Crippen molar-refractivity contribution in [2.75, 3.05) is 38.7 Å².